The van der Waals surface area contributed by atoms with Gasteiger partial charge < -0.3 is 11.1 Å². The summed E-state index contributed by atoms with van der Waals surface area (Å²) in [7, 11) is 0. The largest absolute Gasteiger partial charge is 0.385 e. The van der Waals surface area contributed by atoms with Gasteiger partial charge in [0.15, 0.2) is 10.3 Å². The molecule has 7 nitrogen and oxygen atoms in total. The van der Waals surface area contributed by atoms with Gasteiger partial charge >= 0.3 is 0 Å². The van der Waals surface area contributed by atoms with Crippen molar-refractivity contribution >= 4 is 40.0 Å². The van der Waals surface area contributed by atoms with Crippen LogP contribution in [0.5, 0.6) is 0 Å². The van der Waals surface area contributed by atoms with Crippen LogP contribution in [0.3, 0.4) is 0 Å². The normalized spacial score (nSPS) is 10.7. The Morgan fingerprint density at radius 2 is 1.94 bits per heavy atom. The van der Waals surface area contributed by atoms with Gasteiger partial charge in [0.05, 0.1) is 11.4 Å². The Bertz CT molecular complexity index is 1280. The third kappa shape index (κ3) is 5.01. The summed E-state index contributed by atoms with van der Waals surface area (Å²) in [5.74, 6) is 0.0782. The number of nitrogens with one attached hydrogen (secondary N) is 1. The smallest absolute Gasteiger partial charge is 0.275 e. The highest BCUT2D eigenvalue weighted by atomic mass is 32.2. The molecule has 0 aliphatic carbocycles. The highest BCUT2D eigenvalue weighted by Gasteiger charge is 2.14. The fourth-order valence-electron chi connectivity index (χ4n) is 2.96. The van der Waals surface area contributed by atoms with Gasteiger partial charge in [-0.25, -0.2) is 4.98 Å². The number of thioether (sulfide) groups is 1. The van der Waals surface area contributed by atoms with E-state index in [0.29, 0.717) is 10.3 Å². The van der Waals surface area contributed by atoms with Crippen molar-refractivity contribution < 1.29 is 4.79 Å². The molecule has 0 radical (unpaired) electrons. The molecule has 3 N–H and O–H groups in total. The number of nitrogen functional groups attached to an aromatic ring is 1. The molecule has 0 aliphatic heterocycles. The number of aryl methyl sites for hydroxylation is 1. The van der Waals surface area contributed by atoms with E-state index in [1.165, 1.54) is 17.4 Å². The molecule has 0 fully saturated rings. The molecule has 0 saturated heterocycles. The standard InChI is InChI=1S/C22H19N5O2S2/c1-14-6-5-9-16(10-14)27-18(23)11-19(28)26-22(27)31-13-20(29)25-21-24-17(12-30-21)15-7-3-2-4-8-15/h2-12H,13,23H2,1H3,(H,24,25,29). The molecular formula is C22H19N5O2S2. The maximum Gasteiger partial charge on any atom is 0.275 e. The Balaban J connectivity index is 1.49. The van der Waals surface area contributed by atoms with Crippen molar-refractivity contribution in [2.24, 2.45) is 0 Å². The lowest BCUT2D eigenvalue weighted by atomic mass is 10.2. The minimum Gasteiger partial charge on any atom is -0.385 e. The van der Waals surface area contributed by atoms with Crippen LogP contribution in [0.25, 0.3) is 16.9 Å². The number of benzene rings is 2. The van der Waals surface area contributed by atoms with Crippen LogP contribution in [0.4, 0.5) is 10.9 Å². The maximum absolute atomic E-state index is 12.5. The van der Waals surface area contributed by atoms with Gasteiger partial charge in [0, 0.05) is 22.7 Å². The Hall–Kier alpha value is -3.43. The number of hydrogen-bond donors (Lipinski definition) is 2. The zero-order chi connectivity index (χ0) is 21.8. The van der Waals surface area contributed by atoms with E-state index in [1.807, 2.05) is 66.9 Å². The Kier molecular flexibility index (Phi) is 6.15. The van der Waals surface area contributed by atoms with Crippen LogP contribution in [0.1, 0.15) is 5.56 Å². The van der Waals surface area contributed by atoms with Gasteiger partial charge in [-0.05, 0) is 24.6 Å². The van der Waals surface area contributed by atoms with Crippen LogP contribution in [0.2, 0.25) is 0 Å². The minimum absolute atomic E-state index is 0.0575. The van der Waals surface area contributed by atoms with Crippen LogP contribution < -0.4 is 16.6 Å². The second-order valence-electron chi connectivity index (χ2n) is 6.72. The second-order valence-corrected chi connectivity index (χ2v) is 8.52. The van der Waals surface area contributed by atoms with Crippen LogP contribution in [-0.2, 0) is 4.79 Å². The van der Waals surface area contributed by atoms with Crippen molar-refractivity contribution in [3.8, 4) is 16.9 Å². The topological polar surface area (TPSA) is 103 Å². The summed E-state index contributed by atoms with van der Waals surface area (Å²) in [5.41, 5.74) is 9.26. The first-order chi connectivity index (χ1) is 15.0. The van der Waals surface area contributed by atoms with Crippen molar-refractivity contribution in [3.63, 3.8) is 0 Å². The molecule has 1 amide bonds. The molecule has 31 heavy (non-hydrogen) atoms. The lowest BCUT2D eigenvalue weighted by molar-refractivity contribution is -0.113. The number of anilines is 2. The first-order valence-corrected chi connectivity index (χ1v) is 11.3. The zero-order valence-corrected chi connectivity index (χ0v) is 18.2. The third-order valence-corrected chi connectivity index (χ3v) is 6.04. The van der Waals surface area contributed by atoms with E-state index in [9.17, 15) is 9.59 Å². The molecule has 0 spiro atoms. The van der Waals surface area contributed by atoms with Gasteiger partial charge in [0.2, 0.25) is 5.91 Å². The van der Waals surface area contributed by atoms with E-state index < -0.39 is 5.56 Å². The molecule has 156 valence electrons. The van der Waals surface area contributed by atoms with E-state index >= 15 is 0 Å². The summed E-state index contributed by atoms with van der Waals surface area (Å²) in [6.45, 7) is 1.97. The number of carbonyl (C=O) groups excluding carboxylic acids is 1. The average Bonchev–Trinajstić information content (AvgIpc) is 3.21. The number of thiazole rings is 1. The van der Waals surface area contributed by atoms with Gasteiger partial charge in [-0.3, -0.25) is 14.2 Å². The van der Waals surface area contributed by atoms with Gasteiger partial charge in [-0.15, -0.1) is 11.3 Å². The quantitative estimate of drug-likeness (QED) is 0.341. The van der Waals surface area contributed by atoms with Crippen molar-refractivity contribution in [2.45, 2.75) is 12.1 Å². The summed E-state index contributed by atoms with van der Waals surface area (Å²) in [6.07, 6.45) is 0. The van der Waals surface area contributed by atoms with E-state index in [4.69, 9.17) is 5.73 Å². The van der Waals surface area contributed by atoms with E-state index in [0.717, 1.165) is 34.3 Å². The molecule has 2 aromatic heterocycles. The van der Waals surface area contributed by atoms with Gasteiger partial charge in [0.25, 0.3) is 5.56 Å². The van der Waals surface area contributed by atoms with Gasteiger partial charge in [-0.2, -0.15) is 4.98 Å². The highest BCUT2D eigenvalue weighted by molar-refractivity contribution is 7.99. The first kappa shape index (κ1) is 20.8. The maximum atomic E-state index is 12.5. The SMILES string of the molecule is Cc1cccc(-n2c(N)cc(=O)nc2SCC(=O)Nc2nc(-c3ccccc3)cs2)c1. The molecule has 0 aliphatic rings. The van der Waals surface area contributed by atoms with Crippen LogP contribution >= 0.6 is 23.1 Å². The van der Waals surface area contributed by atoms with Crippen molar-refractivity contribution in [2.75, 3.05) is 16.8 Å². The minimum atomic E-state index is -0.447. The number of amides is 1. The molecule has 4 aromatic rings. The van der Waals surface area contributed by atoms with Crippen molar-refractivity contribution in [1.29, 1.82) is 0 Å². The van der Waals surface area contributed by atoms with Crippen molar-refractivity contribution in [3.05, 3.63) is 82.0 Å². The molecule has 0 unspecified atom stereocenters. The number of rotatable bonds is 6. The van der Waals surface area contributed by atoms with Crippen LogP contribution in [0, 0.1) is 6.92 Å². The van der Waals surface area contributed by atoms with E-state index in [1.54, 1.807) is 4.57 Å². The number of nitrogens with two attached hydrogens (primary N) is 1. The van der Waals surface area contributed by atoms with Gasteiger partial charge in [0.1, 0.15) is 5.82 Å². The van der Waals surface area contributed by atoms with Gasteiger partial charge in [-0.1, -0.05) is 54.2 Å². The summed E-state index contributed by atoms with van der Waals surface area (Å²) < 4.78 is 1.67. The summed E-state index contributed by atoms with van der Waals surface area (Å²) in [5, 5.41) is 5.57. The summed E-state index contributed by atoms with van der Waals surface area (Å²) >= 11 is 2.50. The number of carbonyl (C=O) groups is 1. The Morgan fingerprint density at radius 3 is 2.71 bits per heavy atom. The first-order valence-electron chi connectivity index (χ1n) is 9.40. The van der Waals surface area contributed by atoms with E-state index in [-0.39, 0.29) is 17.5 Å². The summed E-state index contributed by atoms with van der Waals surface area (Å²) in [4.78, 5) is 32.9. The van der Waals surface area contributed by atoms with Crippen LogP contribution in [-0.4, -0.2) is 26.2 Å². The molecule has 0 bridgehead atoms. The Morgan fingerprint density at radius 1 is 1.13 bits per heavy atom. The second kappa shape index (κ2) is 9.15. The zero-order valence-electron chi connectivity index (χ0n) is 16.6. The number of nitrogens with zero attached hydrogens (tertiary/aromatic N) is 3. The van der Waals surface area contributed by atoms with Crippen molar-refractivity contribution in [1.82, 2.24) is 14.5 Å². The lowest BCUT2D eigenvalue weighted by Gasteiger charge is -2.15. The average molecular weight is 450 g/mol. The number of hydrogen-bond acceptors (Lipinski definition) is 7. The lowest BCUT2D eigenvalue weighted by Crippen LogP contribution is -2.19. The molecule has 2 heterocycles. The predicted molar refractivity (Wildman–Crippen MR) is 126 cm³/mol. The third-order valence-electron chi connectivity index (χ3n) is 4.34. The molecular weight excluding hydrogens is 430 g/mol. The molecule has 2 aromatic carbocycles. The fraction of sp³-hybridized carbons (Fsp3) is 0.0909. The fourth-order valence-corrected chi connectivity index (χ4v) is 4.52. The molecule has 4 rings (SSSR count). The van der Waals surface area contributed by atoms with E-state index in [2.05, 4.69) is 15.3 Å². The molecule has 0 saturated carbocycles. The predicted octanol–water partition coefficient (Wildman–Crippen LogP) is 3.98. The molecule has 9 heteroatoms. The monoisotopic (exact) mass is 449 g/mol. The highest BCUT2D eigenvalue weighted by Crippen LogP contribution is 2.26. The Labute approximate surface area is 187 Å². The van der Waals surface area contributed by atoms with Crippen LogP contribution in [0.15, 0.2) is 76.0 Å². The molecule has 0 atom stereocenters. The number of aromatic nitrogens is 3. The summed E-state index contributed by atoms with van der Waals surface area (Å²) in [6, 6.07) is 18.7.